The van der Waals surface area contributed by atoms with Crippen LogP contribution in [0.1, 0.15) is 49.0 Å². The van der Waals surface area contributed by atoms with Crippen LogP contribution in [0, 0.1) is 38.0 Å². The van der Waals surface area contributed by atoms with Crippen LogP contribution in [0.25, 0.3) is 0 Å². The van der Waals surface area contributed by atoms with Crippen molar-refractivity contribution in [3.05, 3.63) is 55.3 Å². The minimum Gasteiger partial charge on any atom is -0.315 e. The smallest absolute Gasteiger partial charge is 0.315 e. The van der Waals surface area contributed by atoms with Gasteiger partial charge in [-0.2, -0.15) is 5.10 Å². The third kappa shape index (κ3) is 3.34. The Morgan fingerprint density at radius 1 is 1.06 bits per heavy atom. The van der Waals surface area contributed by atoms with E-state index >= 15 is 0 Å². The number of hydrogen-bond acceptors (Lipinski definition) is 6. The van der Waals surface area contributed by atoms with Gasteiger partial charge < -0.3 is 5.32 Å². The molecule has 0 aliphatic heterocycles. The fourth-order valence-electron chi connectivity index (χ4n) is 6.19. The van der Waals surface area contributed by atoms with Crippen LogP contribution in [0.2, 0.25) is 5.02 Å². The van der Waals surface area contributed by atoms with E-state index in [-0.39, 0.29) is 21.9 Å². The number of rotatable bonds is 5. The number of nitro groups is 2. The molecule has 2 aromatic rings. The molecule has 31 heavy (non-hydrogen) atoms. The number of carbonyl (C=O) groups excluding carboxylic acids is 1. The molecule has 0 saturated heterocycles. The molecular formula is C20H20ClN5O5. The molecule has 162 valence electrons. The predicted octanol–water partition coefficient (Wildman–Crippen LogP) is 4.53. The lowest BCUT2D eigenvalue weighted by molar-refractivity contribution is -0.385. The van der Waals surface area contributed by atoms with Crippen molar-refractivity contribution in [3.8, 4) is 0 Å². The number of amides is 1. The summed E-state index contributed by atoms with van der Waals surface area (Å²) in [6.07, 6.45) is 7.73. The Labute approximate surface area is 181 Å². The minimum atomic E-state index is -0.861. The van der Waals surface area contributed by atoms with Crippen LogP contribution in [0.4, 0.5) is 17.1 Å². The maximum absolute atomic E-state index is 12.9. The highest BCUT2D eigenvalue weighted by Gasteiger charge is 2.53. The van der Waals surface area contributed by atoms with Crippen LogP contribution in [0.15, 0.2) is 24.4 Å². The first-order valence-corrected chi connectivity index (χ1v) is 10.6. The van der Waals surface area contributed by atoms with Gasteiger partial charge in [0.2, 0.25) is 5.69 Å². The molecule has 1 amide bonds. The third-order valence-electron chi connectivity index (χ3n) is 7.00. The maximum Gasteiger partial charge on any atom is 0.320 e. The highest BCUT2D eigenvalue weighted by molar-refractivity contribution is 6.31. The van der Waals surface area contributed by atoms with E-state index in [1.54, 1.807) is 4.68 Å². The molecule has 0 spiro atoms. The Hall–Kier alpha value is -3.01. The van der Waals surface area contributed by atoms with Crippen LogP contribution in [-0.4, -0.2) is 25.5 Å². The Morgan fingerprint density at radius 3 is 2.19 bits per heavy atom. The van der Waals surface area contributed by atoms with Crippen molar-refractivity contribution >= 4 is 34.6 Å². The van der Waals surface area contributed by atoms with Gasteiger partial charge >= 0.3 is 5.69 Å². The predicted molar refractivity (Wildman–Crippen MR) is 111 cm³/mol. The van der Waals surface area contributed by atoms with Gasteiger partial charge in [0.1, 0.15) is 11.9 Å². The van der Waals surface area contributed by atoms with E-state index in [2.05, 4.69) is 10.4 Å². The third-order valence-corrected chi connectivity index (χ3v) is 7.24. The van der Waals surface area contributed by atoms with Crippen LogP contribution < -0.4 is 5.32 Å². The lowest BCUT2D eigenvalue weighted by Gasteiger charge is -2.56. The summed E-state index contributed by atoms with van der Waals surface area (Å²) in [4.78, 5) is 34.6. The molecule has 4 fully saturated rings. The van der Waals surface area contributed by atoms with E-state index in [9.17, 15) is 25.0 Å². The van der Waals surface area contributed by atoms with Gasteiger partial charge in [-0.1, -0.05) is 11.6 Å². The van der Waals surface area contributed by atoms with Crippen molar-refractivity contribution in [2.75, 3.05) is 5.32 Å². The Morgan fingerprint density at radius 2 is 1.65 bits per heavy atom. The fraction of sp³-hybridized carbons (Fsp3) is 0.500. The second-order valence-electron chi connectivity index (χ2n) is 9.08. The molecule has 4 bridgehead atoms. The van der Waals surface area contributed by atoms with Gasteiger partial charge in [-0.25, -0.2) is 0 Å². The first kappa shape index (κ1) is 19.9. The van der Waals surface area contributed by atoms with E-state index in [4.69, 9.17) is 11.6 Å². The monoisotopic (exact) mass is 445 g/mol. The summed E-state index contributed by atoms with van der Waals surface area (Å²) in [6, 6.07) is 3.80. The molecule has 4 aliphatic rings. The zero-order valence-electron chi connectivity index (χ0n) is 16.5. The summed E-state index contributed by atoms with van der Waals surface area (Å²) in [5.41, 5.74) is -1.53. The van der Waals surface area contributed by atoms with Crippen LogP contribution in [0.3, 0.4) is 0 Å². The van der Waals surface area contributed by atoms with Crippen molar-refractivity contribution in [1.29, 1.82) is 0 Å². The summed E-state index contributed by atoms with van der Waals surface area (Å²) in [7, 11) is 0. The highest BCUT2D eigenvalue weighted by Crippen LogP contribution is 2.58. The molecule has 6 rings (SSSR count). The standard InChI is InChI=1S/C20H20ClN5O5/c21-14-1-2-15(16(6-14)25(28)29)22-19(27)18-17(26(30)31)10-24(23-18)20-7-11-3-12(8-20)5-13(4-11)9-20/h1-2,6,10-13H,3-5,7-9H2,(H,22,27). The Kier molecular flexibility index (Phi) is 4.51. The summed E-state index contributed by atoms with van der Waals surface area (Å²) in [6.45, 7) is 0. The molecule has 1 N–H and O–H groups in total. The van der Waals surface area contributed by atoms with Gasteiger partial charge in [-0.3, -0.25) is 29.7 Å². The number of halogens is 1. The number of nitrogens with zero attached hydrogens (tertiary/aromatic N) is 4. The van der Waals surface area contributed by atoms with Crippen molar-refractivity contribution in [2.45, 2.75) is 44.1 Å². The molecule has 4 saturated carbocycles. The molecule has 1 aromatic carbocycles. The molecule has 0 radical (unpaired) electrons. The van der Waals surface area contributed by atoms with E-state index in [1.807, 2.05) is 0 Å². The maximum atomic E-state index is 12.9. The largest absolute Gasteiger partial charge is 0.320 e. The zero-order chi connectivity index (χ0) is 21.9. The van der Waals surface area contributed by atoms with E-state index in [0.717, 1.165) is 25.3 Å². The Bertz CT molecular complexity index is 1080. The summed E-state index contributed by atoms with van der Waals surface area (Å²) < 4.78 is 1.64. The normalized spacial score (nSPS) is 28.5. The van der Waals surface area contributed by atoms with Gasteiger partial charge in [0.05, 0.1) is 15.4 Å². The second kappa shape index (κ2) is 7.01. The fourth-order valence-corrected chi connectivity index (χ4v) is 6.36. The molecule has 10 nitrogen and oxygen atoms in total. The number of aromatic nitrogens is 2. The van der Waals surface area contributed by atoms with E-state index < -0.39 is 27.1 Å². The van der Waals surface area contributed by atoms with Gasteiger partial charge in [-0.05, 0) is 68.4 Å². The summed E-state index contributed by atoms with van der Waals surface area (Å²) in [5, 5.41) is 29.9. The molecule has 1 aromatic heterocycles. The molecular weight excluding hydrogens is 426 g/mol. The van der Waals surface area contributed by atoms with Crippen molar-refractivity contribution in [3.63, 3.8) is 0 Å². The van der Waals surface area contributed by atoms with Crippen molar-refractivity contribution < 1.29 is 14.6 Å². The van der Waals surface area contributed by atoms with Crippen molar-refractivity contribution in [2.24, 2.45) is 17.8 Å². The lowest BCUT2D eigenvalue weighted by Crippen LogP contribution is -2.52. The number of hydrogen-bond donors (Lipinski definition) is 1. The van der Waals surface area contributed by atoms with Crippen molar-refractivity contribution in [1.82, 2.24) is 9.78 Å². The zero-order valence-corrected chi connectivity index (χ0v) is 17.2. The average molecular weight is 446 g/mol. The Balaban J connectivity index is 1.49. The van der Waals surface area contributed by atoms with E-state index in [1.165, 1.54) is 37.6 Å². The number of nitro benzene ring substituents is 1. The van der Waals surface area contributed by atoms with E-state index in [0.29, 0.717) is 17.8 Å². The van der Waals surface area contributed by atoms with Gasteiger partial charge in [0.25, 0.3) is 11.6 Å². The molecule has 0 atom stereocenters. The average Bonchev–Trinajstić information content (AvgIpc) is 3.15. The SMILES string of the molecule is O=C(Nc1ccc(Cl)cc1[N+](=O)[O-])c1nn(C23CC4CC(CC(C4)C2)C3)cc1[N+](=O)[O-]. The molecule has 4 aliphatic carbocycles. The van der Waals surface area contributed by atoms with Gasteiger partial charge in [0.15, 0.2) is 0 Å². The topological polar surface area (TPSA) is 133 Å². The number of nitrogens with one attached hydrogen (secondary N) is 1. The first-order chi connectivity index (χ1) is 14.7. The van der Waals surface area contributed by atoms with Gasteiger partial charge in [0, 0.05) is 11.1 Å². The number of carbonyl (C=O) groups is 1. The lowest BCUT2D eigenvalue weighted by atomic mass is 9.53. The van der Waals surface area contributed by atoms with Crippen LogP contribution in [-0.2, 0) is 5.54 Å². The van der Waals surface area contributed by atoms with Crippen LogP contribution in [0.5, 0.6) is 0 Å². The quantitative estimate of drug-likeness (QED) is 0.530. The van der Waals surface area contributed by atoms with Crippen LogP contribution >= 0.6 is 11.6 Å². The minimum absolute atomic E-state index is 0.0990. The first-order valence-electron chi connectivity index (χ1n) is 10.2. The second-order valence-corrected chi connectivity index (χ2v) is 9.52. The summed E-state index contributed by atoms with van der Waals surface area (Å²) >= 11 is 5.81. The molecule has 0 unspecified atom stereocenters. The summed E-state index contributed by atoms with van der Waals surface area (Å²) in [5.74, 6) is 0.941. The molecule has 1 heterocycles. The number of benzene rings is 1. The number of anilines is 1. The highest BCUT2D eigenvalue weighted by atomic mass is 35.5. The molecule has 11 heteroatoms. The van der Waals surface area contributed by atoms with Gasteiger partial charge in [-0.15, -0.1) is 0 Å².